The van der Waals surface area contributed by atoms with Crippen molar-refractivity contribution in [3.8, 4) is 11.5 Å². The van der Waals surface area contributed by atoms with Gasteiger partial charge in [0.25, 0.3) is 5.69 Å². The lowest BCUT2D eigenvalue weighted by atomic mass is 9.68. The van der Waals surface area contributed by atoms with Crippen LogP contribution in [0.5, 0.6) is 11.5 Å². The van der Waals surface area contributed by atoms with Gasteiger partial charge in [-0.25, -0.2) is 0 Å². The minimum Gasteiger partial charge on any atom is -0.493 e. The van der Waals surface area contributed by atoms with Gasteiger partial charge < -0.3 is 14.5 Å². The number of non-ortho nitro benzene ring substituents is 1. The van der Waals surface area contributed by atoms with Gasteiger partial charge in [0, 0.05) is 28.2 Å². The number of carbonyl (C=O) groups excluding carboxylic acids is 2. The SMILES string of the molecule is COc1cc([C@@H]2c3sc(=O)[nH]c3S[C@@H]3[C@@H]4C[C@@H]([C@@H]5C(=O)N(c6ccc([N+](=O)[O-])cc6)C(=O)[C@@H]45)[C@@H]23)ccc1OCc1ccc(C)cc1. The van der Waals surface area contributed by atoms with Gasteiger partial charge in [-0.1, -0.05) is 47.2 Å². The van der Waals surface area contributed by atoms with Gasteiger partial charge in [0.2, 0.25) is 11.8 Å². The topological polar surface area (TPSA) is 132 Å². The van der Waals surface area contributed by atoms with E-state index in [9.17, 15) is 24.5 Å². The minimum absolute atomic E-state index is 0.0211. The molecule has 2 aliphatic carbocycles. The van der Waals surface area contributed by atoms with E-state index in [1.165, 1.54) is 46.1 Å². The van der Waals surface area contributed by atoms with Crippen molar-refractivity contribution in [3.63, 3.8) is 0 Å². The number of amides is 2. The van der Waals surface area contributed by atoms with Crippen LogP contribution in [-0.2, 0) is 16.2 Å². The quantitative estimate of drug-likeness (QED) is 0.148. The van der Waals surface area contributed by atoms with Crippen molar-refractivity contribution in [1.29, 1.82) is 0 Å². The van der Waals surface area contributed by atoms with Crippen molar-refractivity contribution in [2.75, 3.05) is 12.0 Å². The van der Waals surface area contributed by atoms with Gasteiger partial charge in [-0.15, -0.1) is 11.8 Å². The van der Waals surface area contributed by atoms with Crippen molar-refractivity contribution in [3.05, 3.63) is 108 Å². The van der Waals surface area contributed by atoms with Crippen LogP contribution in [0.3, 0.4) is 0 Å². The summed E-state index contributed by atoms with van der Waals surface area (Å²) >= 11 is 2.83. The first-order valence-electron chi connectivity index (χ1n) is 15.1. The van der Waals surface area contributed by atoms with E-state index >= 15 is 0 Å². The lowest BCUT2D eigenvalue weighted by molar-refractivity contribution is -0.384. The zero-order valence-corrected chi connectivity index (χ0v) is 26.5. The van der Waals surface area contributed by atoms with Crippen molar-refractivity contribution in [1.82, 2.24) is 4.98 Å². The predicted molar refractivity (Wildman–Crippen MR) is 173 cm³/mol. The summed E-state index contributed by atoms with van der Waals surface area (Å²) in [7, 11) is 1.61. The van der Waals surface area contributed by atoms with E-state index in [1.807, 2.05) is 49.4 Å². The van der Waals surface area contributed by atoms with Gasteiger partial charge in [-0.3, -0.25) is 29.4 Å². The number of H-pyrrole nitrogens is 1. The molecule has 234 valence electrons. The monoisotopic (exact) mass is 655 g/mol. The highest BCUT2D eigenvalue weighted by Crippen LogP contribution is 2.68. The molecule has 2 saturated carbocycles. The molecule has 12 heteroatoms. The molecule has 0 spiro atoms. The number of hydrogen-bond donors (Lipinski definition) is 1. The van der Waals surface area contributed by atoms with Gasteiger partial charge in [-0.05, 0) is 66.5 Å². The highest BCUT2D eigenvalue weighted by atomic mass is 32.2. The number of thioether (sulfide) groups is 1. The molecule has 3 heterocycles. The lowest BCUT2D eigenvalue weighted by Crippen LogP contribution is -2.42. The molecule has 4 aromatic rings. The molecule has 10 nitrogen and oxygen atoms in total. The fourth-order valence-electron chi connectivity index (χ4n) is 8.21. The van der Waals surface area contributed by atoms with E-state index in [1.54, 1.807) is 18.9 Å². The maximum Gasteiger partial charge on any atom is 0.305 e. The average Bonchev–Trinajstić information content (AvgIpc) is 3.79. The molecule has 0 unspecified atom stereocenters. The number of aromatic amines is 1. The molecule has 0 radical (unpaired) electrons. The number of ether oxygens (including phenoxy) is 2. The zero-order valence-electron chi connectivity index (χ0n) is 24.9. The third-order valence-electron chi connectivity index (χ3n) is 10.1. The molecule has 4 aliphatic rings. The number of hydrogen-bond acceptors (Lipinski definition) is 9. The van der Waals surface area contributed by atoms with Gasteiger partial charge in [-0.2, -0.15) is 0 Å². The number of anilines is 1. The third kappa shape index (κ3) is 4.41. The smallest absolute Gasteiger partial charge is 0.305 e. The second-order valence-corrected chi connectivity index (χ2v) is 14.6. The van der Waals surface area contributed by atoms with E-state index in [-0.39, 0.29) is 51.3 Å². The number of nitro groups is 1. The maximum atomic E-state index is 14.0. The summed E-state index contributed by atoms with van der Waals surface area (Å²) in [6.07, 6.45) is 0.758. The number of carbonyl (C=O) groups is 2. The Bertz CT molecular complexity index is 1950. The number of nitrogens with zero attached hydrogens (tertiary/aromatic N) is 2. The number of fused-ring (bicyclic) bond motifs is 9. The molecular formula is C34H29N3O7S2. The Morgan fingerprint density at radius 1 is 0.957 bits per heavy atom. The van der Waals surface area contributed by atoms with Gasteiger partial charge >= 0.3 is 4.87 Å². The number of aryl methyl sites for hydroxylation is 1. The Hall–Kier alpha value is -4.42. The van der Waals surface area contributed by atoms with Gasteiger partial charge in [0.05, 0.1) is 34.6 Å². The Morgan fingerprint density at radius 2 is 1.67 bits per heavy atom. The second kappa shape index (κ2) is 10.8. The lowest BCUT2D eigenvalue weighted by Gasteiger charge is -2.43. The normalized spacial score (nSPS) is 27.3. The largest absolute Gasteiger partial charge is 0.493 e. The van der Waals surface area contributed by atoms with Crippen molar-refractivity contribution in [2.45, 2.75) is 36.1 Å². The van der Waals surface area contributed by atoms with Crippen LogP contribution in [-0.4, -0.2) is 34.1 Å². The average molecular weight is 656 g/mol. The number of imide groups is 1. The van der Waals surface area contributed by atoms with E-state index in [2.05, 4.69) is 4.98 Å². The Morgan fingerprint density at radius 3 is 2.37 bits per heavy atom. The highest BCUT2D eigenvalue weighted by Gasteiger charge is 2.69. The fourth-order valence-corrected chi connectivity index (χ4v) is 11.1. The third-order valence-corrected chi connectivity index (χ3v) is 12.7. The minimum atomic E-state index is -0.505. The fraction of sp³-hybridized carbons (Fsp3) is 0.324. The molecule has 2 aliphatic heterocycles. The van der Waals surface area contributed by atoms with Crippen LogP contribution in [0.25, 0.3) is 0 Å². The van der Waals surface area contributed by atoms with E-state index in [0.717, 1.165) is 27.5 Å². The van der Waals surface area contributed by atoms with Crippen LogP contribution in [0.4, 0.5) is 11.4 Å². The first-order chi connectivity index (χ1) is 22.2. The van der Waals surface area contributed by atoms with E-state index < -0.39 is 16.8 Å². The second-order valence-electron chi connectivity index (χ2n) is 12.4. The molecular weight excluding hydrogens is 627 g/mol. The van der Waals surface area contributed by atoms with Crippen LogP contribution in [0.15, 0.2) is 76.6 Å². The summed E-state index contributed by atoms with van der Waals surface area (Å²) in [6.45, 7) is 2.43. The number of benzene rings is 3. The van der Waals surface area contributed by atoms with Crippen LogP contribution >= 0.6 is 23.1 Å². The number of nitro benzene ring substituents is 1. The molecule has 3 fully saturated rings. The summed E-state index contributed by atoms with van der Waals surface area (Å²) in [4.78, 5) is 56.3. The summed E-state index contributed by atoms with van der Waals surface area (Å²) < 4.78 is 11.9. The first-order valence-corrected chi connectivity index (χ1v) is 16.8. The summed E-state index contributed by atoms with van der Waals surface area (Å²) in [5, 5.41) is 12.0. The van der Waals surface area contributed by atoms with Crippen LogP contribution in [0.2, 0.25) is 0 Å². The molecule has 1 aromatic heterocycles. The van der Waals surface area contributed by atoms with Crippen molar-refractivity contribution >= 4 is 46.3 Å². The Labute approximate surface area is 271 Å². The van der Waals surface area contributed by atoms with E-state index in [0.29, 0.717) is 23.8 Å². The number of thiazole rings is 1. The summed E-state index contributed by atoms with van der Waals surface area (Å²) in [5.41, 5.74) is 3.45. The number of aromatic nitrogens is 1. The first kappa shape index (κ1) is 29.0. The molecule has 8 rings (SSSR count). The molecule has 2 amide bonds. The molecule has 7 atom stereocenters. The Balaban J connectivity index is 1.13. The van der Waals surface area contributed by atoms with Crippen LogP contribution in [0.1, 0.15) is 33.9 Å². The van der Waals surface area contributed by atoms with Crippen molar-refractivity contribution in [2.24, 2.45) is 29.6 Å². The summed E-state index contributed by atoms with van der Waals surface area (Å²) in [5.74, 6) is -0.480. The predicted octanol–water partition coefficient (Wildman–Crippen LogP) is 5.92. The number of nitrogens with one attached hydrogen (secondary N) is 1. The van der Waals surface area contributed by atoms with Gasteiger partial charge in [0.15, 0.2) is 11.5 Å². The summed E-state index contributed by atoms with van der Waals surface area (Å²) in [6, 6.07) is 19.6. The maximum absolute atomic E-state index is 14.0. The molecule has 2 bridgehead atoms. The molecule has 46 heavy (non-hydrogen) atoms. The molecule has 1 N–H and O–H groups in total. The van der Waals surface area contributed by atoms with Crippen molar-refractivity contribution < 1.29 is 24.0 Å². The Kier molecular flexibility index (Phi) is 6.84. The van der Waals surface area contributed by atoms with Crippen LogP contribution in [0, 0.1) is 46.6 Å². The van der Waals surface area contributed by atoms with Gasteiger partial charge in [0.1, 0.15) is 6.61 Å². The van der Waals surface area contributed by atoms with Crippen LogP contribution < -0.4 is 19.2 Å². The standard InChI is InChI=1S/C34H29N3O7S2/c1-16-3-5-17(6-4-16)15-44-23-12-7-18(13-24(23)43-2)25-26-21-14-22(29(26)45-31-30(25)46-34(40)35-31)28-27(21)32(38)36(33(28)39)19-8-10-20(11-9-19)37(41)42/h3-13,21-22,25-29H,14-15H2,1-2H3,(H,35,40)/t21-,22-,25+,26+,27+,28+,29-/m1/s1. The van der Waals surface area contributed by atoms with E-state index in [4.69, 9.17) is 9.47 Å². The highest BCUT2D eigenvalue weighted by molar-refractivity contribution is 8.00. The number of rotatable bonds is 7. The number of methoxy groups -OCH3 is 1. The molecule has 1 saturated heterocycles. The zero-order chi connectivity index (χ0) is 31.9. The molecule has 3 aromatic carbocycles.